The number of hydrogen-bond acceptors (Lipinski definition) is 4. The number of phenolic OH excluding ortho intramolecular Hbond substituents is 1. The van der Waals surface area contributed by atoms with Crippen molar-refractivity contribution >= 4 is 23.0 Å². The maximum absolute atomic E-state index is 12.3. The van der Waals surface area contributed by atoms with Crippen molar-refractivity contribution in [2.75, 3.05) is 36.2 Å². The Hall–Kier alpha value is -2.69. The molecule has 1 amide bonds. The van der Waals surface area contributed by atoms with Crippen molar-refractivity contribution in [1.29, 1.82) is 0 Å². The first kappa shape index (κ1) is 14.7. The molecule has 0 saturated carbocycles. The van der Waals surface area contributed by atoms with E-state index in [1.54, 1.807) is 48.3 Å². The number of benzene rings is 2. The second-order valence-corrected chi connectivity index (χ2v) is 4.92. The Balaban J connectivity index is 2.03. The molecule has 0 aromatic heterocycles. The lowest BCUT2D eigenvalue weighted by Crippen LogP contribution is -2.36. The van der Waals surface area contributed by atoms with Crippen LogP contribution in [0.25, 0.3) is 0 Å². The Morgan fingerprint density at radius 3 is 2.10 bits per heavy atom. The van der Waals surface area contributed by atoms with Crippen LogP contribution in [0.15, 0.2) is 48.5 Å². The van der Waals surface area contributed by atoms with Crippen molar-refractivity contribution in [1.82, 2.24) is 0 Å². The SMILES string of the molecule is CN(CC(=O)N(C)c1ccc(N)cc1)c1ccc(O)cc1. The van der Waals surface area contributed by atoms with Crippen LogP contribution < -0.4 is 15.5 Å². The fourth-order valence-corrected chi connectivity index (χ4v) is 1.95. The number of carbonyl (C=O) groups excluding carboxylic acids is 1. The predicted molar refractivity (Wildman–Crippen MR) is 85.6 cm³/mol. The van der Waals surface area contributed by atoms with E-state index < -0.39 is 0 Å². The van der Waals surface area contributed by atoms with Crippen molar-refractivity contribution in [2.24, 2.45) is 0 Å². The van der Waals surface area contributed by atoms with Gasteiger partial charge < -0.3 is 20.6 Å². The van der Waals surface area contributed by atoms with Gasteiger partial charge in [0.2, 0.25) is 5.91 Å². The second-order valence-electron chi connectivity index (χ2n) is 4.92. The number of aromatic hydroxyl groups is 1. The van der Waals surface area contributed by atoms with Crippen LogP contribution >= 0.6 is 0 Å². The van der Waals surface area contributed by atoms with E-state index in [4.69, 9.17) is 5.73 Å². The fraction of sp³-hybridized carbons (Fsp3) is 0.188. The van der Waals surface area contributed by atoms with Gasteiger partial charge in [0, 0.05) is 31.2 Å². The quantitative estimate of drug-likeness (QED) is 0.844. The molecule has 5 nitrogen and oxygen atoms in total. The minimum Gasteiger partial charge on any atom is -0.508 e. The van der Waals surface area contributed by atoms with Gasteiger partial charge in [0.1, 0.15) is 5.75 Å². The van der Waals surface area contributed by atoms with E-state index in [9.17, 15) is 9.90 Å². The number of carbonyl (C=O) groups is 1. The number of hydrogen-bond donors (Lipinski definition) is 2. The number of phenols is 1. The fourth-order valence-electron chi connectivity index (χ4n) is 1.95. The average Bonchev–Trinajstić information content (AvgIpc) is 2.47. The van der Waals surface area contributed by atoms with Gasteiger partial charge in [0.05, 0.1) is 6.54 Å². The van der Waals surface area contributed by atoms with Crippen molar-refractivity contribution in [2.45, 2.75) is 0 Å². The zero-order chi connectivity index (χ0) is 15.4. The summed E-state index contributed by atoms with van der Waals surface area (Å²) in [6, 6.07) is 13.9. The number of amides is 1. The molecule has 110 valence electrons. The summed E-state index contributed by atoms with van der Waals surface area (Å²) in [5.74, 6) is 0.174. The number of anilines is 3. The average molecular weight is 285 g/mol. The largest absolute Gasteiger partial charge is 0.508 e. The molecule has 0 fully saturated rings. The topological polar surface area (TPSA) is 69.8 Å². The van der Waals surface area contributed by atoms with Gasteiger partial charge in [0.15, 0.2) is 0 Å². The summed E-state index contributed by atoms with van der Waals surface area (Å²) in [6.07, 6.45) is 0. The molecule has 0 spiro atoms. The Morgan fingerprint density at radius 2 is 1.52 bits per heavy atom. The molecule has 21 heavy (non-hydrogen) atoms. The zero-order valence-electron chi connectivity index (χ0n) is 12.2. The highest BCUT2D eigenvalue weighted by Gasteiger charge is 2.13. The maximum Gasteiger partial charge on any atom is 0.246 e. The molecule has 0 atom stereocenters. The molecular weight excluding hydrogens is 266 g/mol. The van der Waals surface area contributed by atoms with Gasteiger partial charge in [-0.3, -0.25) is 4.79 Å². The van der Waals surface area contributed by atoms with Gasteiger partial charge >= 0.3 is 0 Å². The summed E-state index contributed by atoms with van der Waals surface area (Å²) in [5, 5.41) is 9.28. The van der Waals surface area contributed by atoms with Gasteiger partial charge in [-0.05, 0) is 48.5 Å². The molecule has 0 aliphatic heterocycles. The van der Waals surface area contributed by atoms with E-state index >= 15 is 0 Å². The molecule has 0 saturated heterocycles. The van der Waals surface area contributed by atoms with E-state index in [1.165, 1.54) is 0 Å². The molecule has 0 aliphatic rings. The van der Waals surface area contributed by atoms with E-state index in [0.717, 1.165) is 11.4 Å². The highest BCUT2D eigenvalue weighted by atomic mass is 16.3. The number of nitrogens with zero attached hydrogens (tertiary/aromatic N) is 2. The summed E-state index contributed by atoms with van der Waals surface area (Å²) >= 11 is 0. The van der Waals surface area contributed by atoms with Crippen LogP contribution in [0.5, 0.6) is 5.75 Å². The Labute approximate surface area is 124 Å². The third-order valence-electron chi connectivity index (χ3n) is 3.32. The van der Waals surface area contributed by atoms with Crippen LogP contribution in [-0.2, 0) is 4.79 Å². The van der Waals surface area contributed by atoms with Gasteiger partial charge in [-0.15, -0.1) is 0 Å². The molecule has 0 heterocycles. The van der Waals surface area contributed by atoms with Crippen molar-refractivity contribution < 1.29 is 9.90 Å². The second kappa shape index (κ2) is 6.17. The number of rotatable bonds is 4. The molecule has 5 heteroatoms. The van der Waals surface area contributed by atoms with Crippen LogP contribution in [0.1, 0.15) is 0 Å². The van der Waals surface area contributed by atoms with Crippen LogP contribution in [0, 0.1) is 0 Å². The van der Waals surface area contributed by atoms with Crippen LogP contribution in [-0.4, -0.2) is 31.7 Å². The first-order valence-electron chi connectivity index (χ1n) is 6.59. The van der Waals surface area contributed by atoms with Crippen LogP contribution in [0.3, 0.4) is 0 Å². The normalized spacial score (nSPS) is 10.2. The standard InChI is InChI=1S/C16H19N3O2/c1-18(13-7-9-15(20)10-8-13)11-16(21)19(2)14-5-3-12(17)4-6-14/h3-10,20H,11,17H2,1-2H3. The van der Waals surface area contributed by atoms with Gasteiger partial charge in [0.25, 0.3) is 0 Å². The number of likely N-dealkylation sites (N-methyl/N-ethyl adjacent to an activating group) is 2. The van der Waals surface area contributed by atoms with E-state index in [1.807, 2.05) is 24.1 Å². The summed E-state index contributed by atoms with van der Waals surface area (Å²) in [7, 11) is 3.57. The lowest BCUT2D eigenvalue weighted by atomic mass is 10.2. The minimum atomic E-state index is -0.0321. The third-order valence-corrected chi connectivity index (χ3v) is 3.32. The number of nitrogens with two attached hydrogens (primary N) is 1. The molecule has 2 rings (SSSR count). The summed E-state index contributed by atoms with van der Waals surface area (Å²) in [5.41, 5.74) is 7.97. The molecule has 0 bridgehead atoms. The Bertz CT molecular complexity index is 608. The molecule has 2 aromatic carbocycles. The predicted octanol–water partition coefficient (Wildman–Crippen LogP) is 2.07. The number of nitrogen functional groups attached to an aromatic ring is 1. The lowest BCUT2D eigenvalue weighted by molar-refractivity contribution is -0.117. The van der Waals surface area contributed by atoms with E-state index in [-0.39, 0.29) is 18.2 Å². The highest BCUT2D eigenvalue weighted by molar-refractivity contribution is 5.96. The molecule has 3 N–H and O–H groups in total. The van der Waals surface area contributed by atoms with Crippen LogP contribution in [0.4, 0.5) is 17.1 Å². The summed E-state index contributed by atoms with van der Waals surface area (Å²) in [6.45, 7) is 0.242. The smallest absolute Gasteiger partial charge is 0.246 e. The van der Waals surface area contributed by atoms with Crippen molar-refractivity contribution in [3.63, 3.8) is 0 Å². The van der Waals surface area contributed by atoms with Gasteiger partial charge in [-0.2, -0.15) is 0 Å². The summed E-state index contributed by atoms with van der Waals surface area (Å²) in [4.78, 5) is 15.7. The third kappa shape index (κ3) is 3.66. The maximum atomic E-state index is 12.3. The molecular formula is C16H19N3O2. The van der Waals surface area contributed by atoms with E-state index in [0.29, 0.717) is 5.69 Å². The monoisotopic (exact) mass is 285 g/mol. The molecule has 0 radical (unpaired) electrons. The van der Waals surface area contributed by atoms with Crippen molar-refractivity contribution in [3.05, 3.63) is 48.5 Å². The Morgan fingerprint density at radius 1 is 1.00 bits per heavy atom. The minimum absolute atomic E-state index is 0.0321. The molecule has 0 aliphatic carbocycles. The first-order chi connectivity index (χ1) is 9.97. The zero-order valence-corrected chi connectivity index (χ0v) is 12.2. The van der Waals surface area contributed by atoms with Crippen LogP contribution in [0.2, 0.25) is 0 Å². The molecule has 2 aromatic rings. The summed E-state index contributed by atoms with van der Waals surface area (Å²) < 4.78 is 0. The lowest BCUT2D eigenvalue weighted by Gasteiger charge is -2.23. The van der Waals surface area contributed by atoms with Gasteiger partial charge in [-0.25, -0.2) is 0 Å². The van der Waals surface area contributed by atoms with Crippen molar-refractivity contribution in [3.8, 4) is 5.75 Å². The first-order valence-corrected chi connectivity index (χ1v) is 6.59. The van der Waals surface area contributed by atoms with Gasteiger partial charge in [-0.1, -0.05) is 0 Å². The van der Waals surface area contributed by atoms with E-state index in [2.05, 4.69) is 0 Å². The molecule has 0 unspecified atom stereocenters. The highest BCUT2D eigenvalue weighted by Crippen LogP contribution is 2.18. The Kier molecular flexibility index (Phi) is 4.33.